The molecule has 0 aromatic heterocycles. The fourth-order valence-corrected chi connectivity index (χ4v) is 2.80. The van der Waals surface area contributed by atoms with E-state index in [1.54, 1.807) is 0 Å². The van der Waals surface area contributed by atoms with Crippen molar-refractivity contribution < 1.29 is 17.9 Å². The minimum absolute atomic E-state index is 0.0400. The molecule has 0 aliphatic heterocycles. The van der Waals surface area contributed by atoms with Gasteiger partial charge in [-0.3, -0.25) is 14.3 Å². The number of nitro benzene ring substituents is 1. The first-order valence-electron chi connectivity index (χ1n) is 5.55. The molecule has 7 heteroatoms. The minimum atomic E-state index is -1.68. The van der Waals surface area contributed by atoms with Crippen molar-refractivity contribution in [3.05, 3.63) is 69.8 Å². The molecule has 0 saturated heterocycles. The van der Waals surface area contributed by atoms with Crippen molar-refractivity contribution in [3.8, 4) is 0 Å². The van der Waals surface area contributed by atoms with Gasteiger partial charge in [-0.15, -0.1) is 0 Å². The molecule has 0 bridgehead atoms. The first kappa shape index (κ1) is 14.3. The quantitative estimate of drug-likeness (QED) is 0.643. The van der Waals surface area contributed by atoms with Crippen molar-refractivity contribution in [3.63, 3.8) is 0 Å². The second-order valence-corrected chi connectivity index (χ2v) is 5.41. The molecule has 104 valence electrons. The molecular weight excluding hydrogens is 288 g/mol. The van der Waals surface area contributed by atoms with Crippen molar-refractivity contribution in [1.82, 2.24) is 0 Å². The van der Waals surface area contributed by atoms with Crippen molar-refractivity contribution in [1.29, 1.82) is 0 Å². The molecule has 4 nitrogen and oxygen atoms in total. The fourth-order valence-electron chi connectivity index (χ4n) is 1.65. The summed E-state index contributed by atoms with van der Waals surface area (Å²) in [6.45, 7) is 0. The third kappa shape index (κ3) is 3.05. The highest BCUT2D eigenvalue weighted by Gasteiger charge is 2.19. The maximum Gasteiger partial charge on any atom is 0.305 e. The van der Waals surface area contributed by atoms with Gasteiger partial charge >= 0.3 is 5.69 Å². The molecule has 0 radical (unpaired) electrons. The van der Waals surface area contributed by atoms with Crippen LogP contribution in [0, 0.1) is 21.7 Å². The Morgan fingerprint density at radius 3 is 2.50 bits per heavy atom. The molecule has 20 heavy (non-hydrogen) atoms. The Morgan fingerprint density at radius 2 is 1.85 bits per heavy atom. The van der Waals surface area contributed by atoms with Gasteiger partial charge in [0.05, 0.1) is 21.5 Å². The van der Waals surface area contributed by atoms with Crippen molar-refractivity contribution in [2.24, 2.45) is 0 Å². The van der Waals surface area contributed by atoms with Gasteiger partial charge < -0.3 is 0 Å². The van der Waals surface area contributed by atoms with Crippen LogP contribution in [-0.2, 0) is 16.6 Å². The molecule has 0 aliphatic carbocycles. The van der Waals surface area contributed by atoms with Crippen LogP contribution in [0.3, 0.4) is 0 Å². The molecule has 2 aromatic rings. The van der Waals surface area contributed by atoms with E-state index in [0.717, 1.165) is 12.1 Å². The van der Waals surface area contributed by atoms with Crippen molar-refractivity contribution in [2.45, 2.75) is 10.6 Å². The summed E-state index contributed by atoms with van der Waals surface area (Å²) in [4.78, 5) is 9.98. The van der Waals surface area contributed by atoms with E-state index in [1.165, 1.54) is 30.3 Å². The molecule has 1 unspecified atom stereocenters. The number of halogens is 2. The highest BCUT2D eigenvalue weighted by Crippen LogP contribution is 2.22. The van der Waals surface area contributed by atoms with Crippen LogP contribution in [0.2, 0.25) is 0 Å². The Labute approximate surface area is 115 Å². The van der Waals surface area contributed by atoms with Gasteiger partial charge in [0.15, 0.2) is 0 Å². The average molecular weight is 297 g/mol. The predicted molar refractivity (Wildman–Crippen MR) is 69.6 cm³/mol. The highest BCUT2D eigenvalue weighted by atomic mass is 32.2. The van der Waals surface area contributed by atoms with Gasteiger partial charge in [0, 0.05) is 16.5 Å². The summed E-state index contributed by atoms with van der Waals surface area (Å²) in [5.41, 5.74) is -0.708. The second kappa shape index (κ2) is 5.87. The number of hydrogen-bond donors (Lipinski definition) is 0. The summed E-state index contributed by atoms with van der Waals surface area (Å²) in [6, 6.07) is 8.81. The summed E-state index contributed by atoms with van der Waals surface area (Å²) in [7, 11) is -1.68. The summed E-state index contributed by atoms with van der Waals surface area (Å²) in [6.07, 6.45) is 0. The second-order valence-electron chi connectivity index (χ2n) is 3.95. The van der Waals surface area contributed by atoms with Crippen LogP contribution < -0.4 is 0 Å². The molecule has 0 amide bonds. The lowest BCUT2D eigenvalue weighted by atomic mass is 10.2. The average Bonchev–Trinajstić information content (AvgIpc) is 2.40. The Bertz CT molecular complexity index is 691. The minimum Gasteiger partial charge on any atom is -0.258 e. The van der Waals surface area contributed by atoms with Crippen LogP contribution >= 0.6 is 0 Å². The first-order valence-corrected chi connectivity index (χ1v) is 6.86. The predicted octanol–water partition coefficient (Wildman–Crippen LogP) is 3.18. The zero-order chi connectivity index (χ0) is 14.7. The van der Waals surface area contributed by atoms with Gasteiger partial charge in [-0.05, 0) is 18.2 Å². The molecular formula is C13H9F2NO3S. The highest BCUT2D eigenvalue weighted by molar-refractivity contribution is 7.84. The molecule has 0 heterocycles. The lowest BCUT2D eigenvalue weighted by Crippen LogP contribution is -2.02. The monoisotopic (exact) mass is 297 g/mol. The SMILES string of the molecule is O=[N+]([O-])c1cccc(CS(=O)c2cccc(F)c2)c1F. The fraction of sp³-hybridized carbons (Fsp3) is 0.0769. The van der Waals surface area contributed by atoms with E-state index in [-0.39, 0.29) is 16.2 Å². The third-order valence-corrected chi connectivity index (χ3v) is 3.95. The van der Waals surface area contributed by atoms with E-state index in [2.05, 4.69) is 0 Å². The molecule has 0 saturated carbocycles. The van der Waals surface area contributed by atoms with Gasteiger partial charge in [-0.25, -0.2) is 4.39 Å². The van der Waals surface area contributed by atoms with Crippen LogP contribution in [0.5, 0.6) is 0 Å². The summed E-state index contributed by atoms with van der Waals surface area (Å²) in [5.74, 6) is -1.81. The van der Waals surface area contributed by atoms with E-state index in [0.29, 0.717) is 0 Å². The van der Waals surface area contributed by atoms with Gasteiger partial charge in [0.25, 0.3) is 0 Å². The molecule has 2 aromatic carbocycles. The van der Waals surface area contributed by atoms with E-state index >= 15 is 0 Å². The van der Waals surface area contributed by atoms with Gasteiger partial charge in [0.1, 0.15) is 5.82 Å². The number of benzene rings is 2. The topological polar surface area (TPSA) is 60.2 Å². The Balaban J connectivity index is 2.29. The molecule has 0 aliphatic rings. The van der Waals surface area contributed by atoms with Crippen molar-refractivity contribution in [2.75, 3.05) is 0 Å². The van der Waals surface area contributed by atoms with E-state index in [1.807, 2.05) is 0 Å². The lowest BCUT2D eigenvalue weighted by molar-refractivity contribution is -0.387. The van der Waals surface area contributed by atoms with Crippen molar-refractivity contribution >= 4 is 16.5 Å². The van der Waals surface area contributed by atoms with Crippen LogP contribution in [0.25, 0.3) is 0 Å². The largest absolute Gasteiger partial charge is 0.305 e. The number of nitrogens with zero attached hydrogens (tertiary/aromatic N) is 1. The van der Waals surface area contributed by atoms with Crippen LogP contribution in [0.15, 0.2) is 47.4 Å². The zero-order valence-corrected chi connectivity index (χ0v) is 10.9. The molecule has 0 spiro atoms. The van der Waals surface area contributed by atoms with Gasteiger partial charge in [-0.2, -0.15) is 4.39 Å². The Kier molecular flexibility index (Phi) is 4.19. The molecule has 1 atom stereocenters. The molecule has 0 N–H and O–H groups in total. The molecule has 2 rings (SSSR count). The van der Waals surface area contributed by atoms with E-state index in [4.69, 9.17) is 0 Å². The van der Waals surface area contributed by atoms with Crippen LogP contribution in [0.1, 0.15) is 5.56 Å². The van der Waals surface area contributed by atoms with Crippen LogP contribution in [-0.4, -0.2) is 9.13 Å². The maximum atomic E-state index is 13.8. The first-order chi connectivity index (χ1) is 9.49. The van der Waals surface area contributed by atoms with Crippen LogP contribution in [0.4, 0.5) is 14.5 Å². The molecule has 0 fully saturated rings. The third-order valence-electron chi connectivity index (χ3n) is 2.60. The maximum absolute atomic E-state index is 13.8. The lowest BCUT2D eigenvalue weighted by Gasteiger charge is -2.04. The Morgan fingerprint density at radius 1 is 1.15 bits per heavy atom. The van der Waals surface area contributed by atoms with Gasteiger partial charge in [-0.1, -0.05) is 18.2 Å². The number of nitro groups is 1. The summed E-state index contributed by atoms with van der Waals surface area (Å²) < 4.78 is 38.9. The summed E-state index contributed by atoms with van der Waals surface area (Å²) in [5, 5.41) is 10.6. The zero-order valence-electron chi connectivity index (χ0n) is 10.1. The summed E-state index contributed by atoms with van der Waals surface area (Å²) >= 11 is 0. The van der Waals surface area contributed by atoms with E-state index in [9.17, 15) is 23.1 Å². The number of rotatable bonds is 4. The van der Waals surface area contributed by atoms with E-state index < -0.39 is 33.0 Å². The Hall–Kier alpha value is -2.15. The number of hydrogen-bond acceptors (Lipinski definition) is 3. The van der Waals surface area contributed by atoms with Gasteiger partial charge in [0.2, 0.25) is 5.82 Å². The standard InChI is InChI=1S/C13H9F2NO3S/c14-10-4-2-5-11(7-10)20(19)8-9-3-1-6-12(13(9)15)16(17)18/h1-7H,8H2. The normalized spacial score (nSPS) is 12.1. The smallest absolute Gasteiger partial charge is 0.258 e.